The van der Waals surface area contributed by atoms with E-state index in [1.165, 1.54) is 11.5 Å². The molecule has 6 nitrogen and oxygen atoms in total. The van der Waals surface area contributed by atoms with Crippen molar-refractivity contribution >= 4 is 22.6 Å². The lowest BCUT2D eigenvalue weighted by atomic mass is 10.6. The standard InChI is InChI=1S/C7H10N6S/c8-6-11-7(14-12-6)10-2-4-13-3-1-9-5-13/h1,3,5H,2,4H2,(H3,8,10,11,12). The summed E-state index contributed by atoms with van der Waals surface area (Å²) >= 11 is 1.26. The number of imidazole rings is 1. The summed E-state index contributed by atoms with van der Waals surface area (Å²) in [7, 11) is 0. The third-order valence-electron chi connectivity index (χ3n) is 1.65. The van der Waals surface area contributed by atoms with Crippen LogP contribution in [0.3, 0.4) is 0 Å². The molecule has 0 saturated heterocycles. The summed E-state index contributed by atoms with van der Waals surface area (Å²) in [5, 5.41) is 3.87. The molecule has 0 amide bonds. The maximum atomic E-state index is 5.38. The molecule has 2 heterocycles. The van der Waals surface area contributed by atoms with Gasteiger partial charge < -0.3 is 15.6 Å². The largest absolute Gasteiger partial charge is 0.367 e. The smallest absolute Gasteiger partial charge is 0.233 e. The minimum Gasteiger partial charge on any atom is -0.367 e. The van der Waals surface area contributed by atoms with Crippen LogP contribution in [-0.4, -0.2) is 25.5 Å². The van der Waals surface area contributed by atoms with Crippen molar-refractivity contribution in [3.05, 3.63) is 18.7 Å². The molecule has 14 heavy (non-hydrogen) atoms. The van der Waals surface area contributed by atoms with Gasteiger partial charge in [0.1, 0.15) is 0 Å². The van der Waals surface area contributed by atoms with Crippen LogP contribution in [0, 0.1) is 0 Å². The maximum Gasteiger partial charge on any atom is 0.233 e. The Morgan fingerprint density at radius 2 is 2.50 bits per heavy atom. The number of nitrogens with two attached hydrogens (primary N) is 1. The molecular formula is C7H10N6S. The summed E-state index contributed by atoms with van der Waals surface area (Å²) in [4.78, 5) is 7.92. The molecule has 0 aromatic carbocycles. The van der Waals surface area contributed by atoms with Crippen LogP contribution >= 0.6 is 11.5 Å². The van der Waals surface area contributed by atoms with Crippen molar-refractivity contribution in [1.29, 1.82) is 0 Å². The van der Waals surface area contributed by atoms with Gasteiger partial charge in [-0.1, -0.05) is 0 Å². The molecule has 0 aliphatic heterocycles. The fourth-order valence-electron chi connectivity index (χ4n) is 1.02. The molecule has 0 atom stereocenters. The Hall–Kier alpha value is -1.63. The highest BCUT2D eigenvalue weighted by Gasteiger charge is 1.98. The quantitative estimate of drug-likeness (QED) is 0.764. The van der Waals surface area contributed by atoms with Crippen LogP contribution in [0.25, 0.3) is 0 Å². The van der Waals surface area contributed by atoms with E-state index >= 15 is 0 Å². The summed E-state index contributed by atoms with van der Waals surface area (Å²) in [6, 6.07) is 0. The number of rotatable bonds is 4. The Balaban J connectivity index is 1.78. The van der Waals surface area contributed by atoms with E-state index in [1.54, 1.807) is 12.5 Å². The van der Waals surface area contributed by atoms with Gasteiger partial charge in [-0.2, -0.15) is 9.36 Å². The number of aromatic nitrogens is 4. The first-order chi connectivity index (χ1) is 6.84. The van der Waals surface area contributed by atoms with Gasteiger partial charge in [0.05, 0.1) is 6.33 Å². The van der Waals surface area contributed by atoms with Crippen LogP contribution in [-0.2, 0) is 6.54 Å². The molecule has 3 N–H and O–H groups in total. The Kier molecular flexibility index (Phi) is 2.59. The molecule has 0 bridgehead atoms. The average Bonchev–Trinajstić information content (AvgIpc) is 2.77. The summed E-state index contributed by atoms with van der Waals surface area (Å²) in [5.74, 6) is 0.320. The van der Waals surface area contributed by atoms with Crippen molar-refractivity contribution in [2.24, 2.45) is 0 Å². The van der Waals surface area contributed by atoms with Crippen LogP contribution in [0.1, 0.15) is 0 Å². The molecule has 0 aliphatic carbocycles. The van der Waals surface area contributed by atoms with Gasteiger partial charge in [0.15, 0.2) is 0 Å². The predicted molar refractivity (Wildman–Crippen MR) is 55.0 cm³/mol. The topological polar surface area (TPSA) is 81.6 Å². The van der Waals surface area contributed by atoms with E-state index in [4.69, 9.17) is 5.73 Å². The van der Waals surface area contributed by atoms with Gasteiger partial charge in [0.25, 0.3) is 0 Å². The van der Waals surface area contributed by atoms with Crippen LogP contribution in [0.15, 0.2) is 18.7 Å². The van der Waals surface area contributed by atoms with Gasteiger partial charge in [-0.25, -0.2) is 4.98 Å². The van der Waals surface area contributed by atoms with Gasteiger partial charge in [-0.15, -0.1) is 0 Å². The molecule has 74 valence electrons. The fourth-order valence-corrected chi connectivity index (χ4v) is 1.54. The van der Waals surface area contributed by atoms with Crippen molar-refractivity contribution < 1.29 is 0 Å². The van der Waals surface area contributed by atoms with Gasteiger partial charge in [-0.3, -0.25) is 0 Å². The van der Waals surface area contributed by atoms with Crippen LogP contribution in [0.4, 0.5) is 11.1 Å². The predicted octanol–water partition coefficient (Wildman–Crippen LogP) is 0.429. The Morgan fingerprint density at radius 1 is 1.57 bits per heavy atom. The van der Waals surface area contributed by atoms with Crippen molar-refractivity contribution in [3.63, 3.8) is 0 Å². The van der Waals surface area contributed by atoms with Crippen LogP contribution in [0.2, 0.25) is 0 Å². The first-order valence-electron chi connectivity index (χ1n) is 4.13. The zero-order valence-corrected chi connectivity index (χ0v) is 8.24. The average molecular weight is 210 g/mol. The van der Waals surface area contributed by atoms with Gasteiger partial charge in [0, 0.05) is 37.0 Å². The molecule has 0 fully saturated rings. The number of nitrogen functional groups attached to an aromatic ring is 1. The lowest BCUT2D eigenvalue weighted by Crippen LogP contribution is -2.08. The molecule has 0 spiro atoms. The van der Waals surface area contributed by atoms with Crippen LogP contribution < -0.4 is 11.1 Å². The first kappa shape index (κ1) is 8.95. The number of anilines is 2. The Morgan fingerprint density at radius 3 is 3.14 bits per heavy atom. The van der Waals surface area contributed by atoms with E-state index in [0.29, 0.717) is 5.95 Å². The van der Waals surface area contributed by atoms with E-state index in [0.717, 1.165) is 18.2 Å². The first-order valence-corrected chi connectivity index (χ1v) is 4.91. The molecule has 0 unspecified atom stereocenters. The second kappa shape index (κ2) is 4.05. The van der Waals surface area contributed by atoms with Crippen molar-refractivity contribution in [3.8, 4) is 0 Å². The van der Waals surface area contributed by atoms with E-state index in [2.05, 4.69) is 19.7 Å². The fraction of sp³-hybridized carbons (Fsp3) is 0.286. The highest BCUT2D eigenvalue weighted by molar-refractivity contribution is 7.09. The monoisotopic (exact) mass is 210 g/mol. The highest BCUT2D eigenvalue weighted by atomic mass is 32.1. The summed E-state index contributed by atoms with van der Waals surface area (Å²) in [6.07, 6.45) is 5.44. The molecule has 2 aromatic heterocycles. The van der Waals surface area contributed by atoms with Crippen molar-refractivity contribution in [1.82, 2.24) is 18.9 Å². The number of nitrogens with zero attached hydrogens (tertiary/aromatic N) is 4. The number of nitrogens with one attached hydrogen (secondary N) is 1. The lowest BCUT2D eigenvalue weighted by molar-refractivity contribution is 0.726. The van der Waals surface area contributed by atoms with Crippen LogP contribution in [0.5, 0.6) is 0 Å². The zero-order chi connectivity index (χ0) is 9.80. The SMILES string of the molecule is Nc1nsc(NCCn2ccnc2)n1. The van der Waals surface area contributed by atoms with Crippen molar-refractivity contribution in [2.45, 2.75) is 6.54 Å². The van der Waals surface area contributed by atoms with E-state index in [9.17, 15) is 0 Å². The summed E-state index contributed by atoms with van der Waals surface area (Å²) < 4.78 is 5.84. The second-order valence-electron chi connectivity index (χ2n) is 2.69. The van der Waals surface area contributed by atoms with E-state index in [-0.39, 0.29) is 0 Å². The van der Waals surface area contributed by atoms with Gasteiger partial charge >= 0.3 is 0 Å². The van der Waals surface area contributed by atoms with Gasteiger partial charge in [-0.05, 0) is 0 Å². The van der Waals surface area contributed by atoms with Crippen molar-refractivity contribution in [2.75, 3.05) is 17.6 Å². The molecule has 7 heteroatoms. The Labute approximate surface area is 85.0 Å². The second-order valence-corrected chi connectivity index (χ2v) is 3.44. The van der Waals surface area contributed by atoms with Gasteiger partial charge in [0.2, 0.25) is 11.1 Å². The minimum absolute atomic E-state index is 0.320. The molecule has 0 radical (unpaired) electrons. The molecule has 0 aliphatic rings. The Bertz CT molecular complexity index is 381. The molecule has 2 rings (SSSR count). The number of hydrogen-bond acceptors (Lipinski definition) is 6. The molecule has 0 saturated carbocycles. The van der Waals surface area contributed by atoms with E-state index in [1.807, 2.05) is 10.8 Å². The third-order valence-corrected chi connectivity index (χ3v) is 2.33. The molecular weight excluding hydrogens is 200 g/mol. The third kappa shape index (κ3) is 2.19. The normalized spacial score (nSPS) is 10.3. The number of hydrogen-bond donors (Lipinski definition) is 2. The minimum atomic E-state index is 0.320. The highest BCUT2D eigenvalue weighted by Crippen LogP contribution is 2.10. The molecule has 2 aromatic rings. The maximum absolute atomic E-state index is 5.38. The van der Waals surface area contributed by atoms with E-state index < -0.39 is 0 Å². The summed E-state index contributed by atoms with van der Waals surface area (Å²) in [6.45, 7) is 1.63. The summed E-state index contributed by atoms with van der Waals surface area (Å²) in [5.41, 5.74) is 5.38. The lowest BCUT2D eigenvalue weighted by Gasteiger charge is -2.01. The zero-order valence-electron chi connectivity index (χ0n) is 7.42.